The summed E-state index contributed by atoms with van der Waals surface area (Å²) in [4.78, 5) is 30.8. The molecule has 3 saturated heterocycles. The molecule has 0 radical (unpaired) electrons. The van der Waals surface area contributed by atoms with Crippen LogP contribution in [-0.4, -0.2) is 79.4 Å². The molecule has 5 fully saturated rings. The summed E-state index contributed by atoms with van der Waals surface area (Å²) < 4.78 is 25.8. The van der Waals surface area contributed by atoms with Crippen molar-refractivity contribution in [1.82, 2.24) is 4.98 Å². The second kappa shape index (κ2) is 9.37. The predicted molar refractivity (Wildman–Crippen MR) is 181 cm³/mol. The van der Waals surface area contributed by atoms with Gasteiger partial charge in [-0.05, 0) is 109 Å². The van der Waals surface area contributed by atoms with Crippen LogP contribution < -0.4 is 0 Å². The molecule has 9 nitrogen and oxygen atoms in total. The van der Waals surface area contributed by atoms with E-state index in [-0.39, 0.29) is 30.0 Å². The van der Waals surface area contributed by atoms with E-state index in [1.165, 1.54) is 16.6 Å². The van der Waals surface area contributed by atoms with Gasteiger partial charge >= 0.3 is 5.97 Å². The zero-order valence-electron chi connectivity index (χ0n) is 30.5. The monoisotopic (exact) mass is 675 g/mol. The van der Waals surface area contributed by atoms with Gasteiger partial charge in [-0.1, -0.05) is 20.8 Å². The Morgan fingerprint density at radius 2 is 1.78 bits per heavy atom. The third-order valence-corrected chi connectivity index (χ3v) is 15.3. The van der Waals surface area contributed by atoms with Gasteiger partial charge in [0.1, 0.15) is 17.8 Å². The van der Waals surface area contributed by atoms with Gasteiger partial charge in [0, 0.05) is 45.3 Å². The molecule has 1 aromatic heterocycles. The lowest BCUT2D eigenvalue weighted by Gasteiger charge is -2.66. The number of benzene rings is 1. The summed E-state index contributed by atoms with van der Waals surface area (Å²) in [6, 6.07) is 4.10. The van der Waals surface area contributed by atoms with Crippen LogP contribution in [-0.2, 0) is 42.0 Å². The fraction of sp³-hybridized carbons (Fsp3) is 0.750. The number of carbonyl (C=O) groups is 2. The summed E-state index contributed by atoms with van der Waals surface area (Å²) in [5.41, 5.74) is -0.0479. The van der Waals surface area contributed by atoms with Crippen LogP contribution in [0.2, 0.25) is 0 Å². The number of carbonyl (C=O) groups excluding carboxylic acids is 2. The fourth-order valence-corrected chi connectivity index (χ4v) is 12.9. The number of esters is 1. The fourth-order valence-electron chi connectivity index (χ4n) is 12.9. The highest BCUT2D eigenvalue weighted by molar-refractivity contribution is 6.06. The average Bonchev–Trinajstić information content (AvgIpc) is 3.51. The molecule has 11 atom stereocenters. The Labute approximate surface area is 288 Å². The molecule has 266 valence electrons. The average molecular weight is 676 g/mol. The van der Waals surface area contributed by atoms with E-state index in [4.69, 9.17) is 18.9 Å². The quantitative estimate of drug-likeness (QED) is 0.288. The number of hydrogen-bond donors (Lipinski definition) is 3. The molecule has 2 saturated carbocycles. The Balaban J connectivity index is 1.15. The summed E-state index contributed by atoms with van der Waals surface area (Å²) in [6.45, 7) is 18.1. The van der Waals surface area contributed by atoms with Gasteiger partial charge in [0.15, 0.2) is 17.5 Å². The standard InChI is InChI=1S/C40H53NO8/c1-10-26(42)47-30-32(34(2,3)44)46-25-14-15-37(8)38(9)19(13-16-39(37,45)40(25)33(30)48-40)17-22-27-21-18-23-28(36(6,7)49-35(23,4)5)29(43)20(21)11-12-24(27)41-31(22)38/h11-12,19,23,25,28,30,32-33,41,44-45H,10,13-18H2,1-9H3. The molecule has 11 unspecified atom stereocenters. The summed E-state index contributed by atoms with van der Waals surface area (Å²) in [6.07, 6.45) is 2.01. The van der Waals surface area contributed by atoms with Crippen molar-refractivity contribution in [3.05, 3.63) is 34.5 Å². The first-order valence-corrected chi connectivity index (χ1v) is 18.7. The SMILES string of the molecule is CCC(=O)OC1C(C(C)(C)O)OC2CCC3(C)C4(C)c5[nH]c6ccc7c(c6c5CC4CCC3(O)C23OC13)CC1C(C7=O)C(C)(C)OC1(C)C. The van der Waals surface area contributed by atoms with E-state index in [9.17, 15) is 19.8 Å². The first-order chi connectivity index (χ1) is 22.8. The molecule has 2 aromatic rings. The Morgan fingerprint density at radius 1 is 1.04 bits per heavy atom. The lowest BCUT2D eigenvalue weighted by Crippen LogP contribution is -2.77. The minimum atomic E-state index is -1.27. The molecule has 9 heteroatoms. The van der Waals surface area contributed by atoms with Gasteiger partial charge in [0.2, 0.25) is 0 Å². The molecule has 1 aromatic carbocycles. The van der Waals surface area contributed by atoms with E-state index in [0.29, 0.717) is 25.2 Å². The molecule has 1 spiro atoms. The summed E-state index contributed by atoms with van der Waals surface area (Å²) in [5, 5.41) is 25.7. The third-order valence-electron chi connectivity index (χ3n) is 15.3. The number of ether oxygens (including phenoxy) is 4. The molecule has 9 rings (SSSR count). The number of H-pyrrole nitrogens is 1. The van der Waals surface area contributed by atoms with Crippen LogP contribution in [0.15, 0.2) is 12.1 Å². The van der Waals surface area contributed by atoms with Gasteiger partial charge in [-0.15, -0.1) is 0 Å². The van der Waals surface area contributed by atoms with Crippen molar-refractivity contribution in [2.24, 2.45) is 23.2 Å². The van der Waals surface area contributed by atoms with Gasteiger partial charge in [0.05, 0.1) is 28.8 Å². The van der Waals surface area contributed by atoms with Crippen molar-refractivity contribution in [3.8, 4) is 0 Å². The minimum absolute atomic E-state index is 0.0904. The topological polar surface area (TPSA) is 131 Å². The number of aromatic nitrogens is 1. The van der Waals surface area contributed by atoms with Crippen molar-refractivity contribution in [2.45, 2.75) is 165 Å². The van der Waals surface area contributed by atoms with E-state index < -0.39 is 63.3 Å². The maximum atomic E-state index is 14.2. The molecule has 3 N–H and O–H groups in total. The van der Waals surface area contributed by atoms with Crippen LogP contribution in [0.25, 0.3) is 10.9 Å². The smallest absolute Gasteiger partial charge is 0.305 e. The lowest BCUT2D eigenvalue weighted by atomic mass is 9.40. The van der Waals surface area contributed by atoms with Gasteiger partial charge in [0.25, 0.3) is 0 Å². The first-order valence-electron chi connectivity index (χ1n) is 18.7. The Morgan fingerprint density at radius 3 is 2.47 bits per heavy atom. The summed E-state index contributed by atoms with van der Waals surface area (Å²) in [7, 11) is 0. The zero-order valence-corrected chi connectivity index (χ0v) is 30.5. The van der Waals surface area contributed by atoms with Crippen molar-refractivity contribution in [3.63, 3.8) is 0 Å². The van der Waals surface area contributed by atoms with Crippen LogP contribution in [0.3, 0.4) is 0 Å². The maximum Gasteiger partial charge on any atom is 0.305 e. The van der Waals surface area contributed by atoms with Crippen LogP contribution in [0.5, 0.6) is 0 Å². The number of epoxide rings is 1. The van der Waals surface area contributed by atoms with E-state index in [0.717, 1.165) is 35.9 Å². The van der Waals surface area contributed by atoms with Gasteiger partial charge in [-0.25, -0.2) is 0 Å². The van der Waals surface area contributed by atoms with Crippen molar-refractivity contribution in [2.75, 3.05) is 0 Å². The van der Waals surface area contributed by atoms with E-state index in [1.54, 1.807) is 20.8 Å². The van der Waals surface area contributed by atoms with Crippen LogP contribution in [0.4, 0.5) is 0 Å². The molecule has 7 aliphatic rings. The number of rotatable bonds is 3. The highest BCUT2D eigenvalue weighted by atomic mass is 16.7. The number of fused-ring (bicyclic) bond motifs is 10. The molecule has 3 aliphatic heterocycles. The number of aromatic amines is 1. The Hall–Kier alpha value is -2.30. The van der Waals surface area contributed by atoms with E-state index >= 15 is 0 Å². The highest BCUT2D eigenvalue weighted by Gasteiger charge is 2.87. The molecular weight excluding hydrogens is 622 g/mol. The maximum absolute atomic E-state index is 14.2. The number of aliphatic hydroxyl groups is 2. The molecule has 0 bridgehead atoms. The normalized spacial score (nSPS) is 45.4. The zero-order chi connectivity index (χ0) is 35.1. The third kappa shape index (κ3) is 3.65. The van der Waals surface area contributed by atoms with Crippen molar-refractivity contribution >= 4 is 22.7 Å². The molecule has 49 heavy (non-hydrogen) atoms. The number of Topliss-reactive ketones (excluding diaryl/α,β-unsaturated/α-hetero) is 1. The van der Waals surface area contributed by atoms with Gasteiger partial charge in [-0.2, -0.15) is 0 Å². The molecule has 4 aliphatic carbocycles. The van der Waals surface area contributed by atoms with Crippen molar-refractivity contribution < 1.29 is 38.7 Å². The number of hydrogen-bond acceptors (Lipinski definition) is 8. The molecule has 0 amide bonds. The van der Waals surface area contributed by atoms with E-state index in [1.807, 2.05) is 6.07 Å². The lowest BCUT2D eigenvalue weighted by molar-refractivity contribution is -0.282. The minimum Gasteiger partial charge on any atom is -0.457 e. The van der Waals surface area contributed by atoms with Gasteiger partial charge in [-0.3, -0.25) is 9.59 Å². The first kappa shape index (κ1) is 32.6. The second-order valence-electron chi connectivity index (χ2n) is 18.7. The van der Waals surface area contributed by atoms with Crippen LogP contribution in [0, 0.1) is 23.2 Å². The van der Waals surface area contributed by atoms with Crippen LogP contribution in [0.1, 0.15) is 122 Å². The Bertz CT molecular complexity index is 1820. The number of nitrogens with one attached hydrogen (secondary N) is 1. The predicted octanol–water partition coefficient (Wildman–Crippen LogP) is 5.48. The summed E-state index contributed by atoms with van der Waals surface area (Å²) >= 11 is 0. The summed E-state index contributed by atoms with van der Waals surface area (Å²) in [5.74, 6) is 0.0204. The molecular formula is C40H53NO8. The molecule has 4 heterocycles. The van der Waals surface area contributed by atoms with Gasteiger partial charge < -0.3 is 34.1 Å². The van der Waals surface area contributed by atoms with E-state index in [2.05, 4.69) is 52.6 Å². The second-order valence-corrected chi connectivity index (χ2v) is 18.7. The number of ketones is 1. The Kier molecular flexibility index (Phi) is 6.24. The largest absolute Gasteiger partial charge is 0.457 e. The van der Waals surface area contributed by atoms with Crippen LogP contribution >= 0.6 is 0 Å². The highest BCUT2D eigenvalue weighted by Crippen LogP contribution is 2.75. The van der Waals surface area contributed by atoms with Crippen molar-refractivity contribution in [1.29, 1.82) is 0 Å².